The van der Waals surface area contributed by atoms with Crippen molar-refractivity contribution in [1.29, 1.82) is 10.8 Å². The summed E-state index contributed by atoms with van der Waals surface area (Å²) in [6.45, 7) is 3.66. The summed E-state index contributed by atoms with van der Waals surface area (Å²) in [5.74, 6) is -0.607. The number of amides is 7. The van der Waals surface area contributed by atoms with Gasteiger partial charge in [-0.15, -0.1) is 0 Å². The Morgan fingerprint density at radius 1 is 0.768 bits per heavy atom. The van der Waals surface area contributed by atoms with Gasteiger partial charge in [-0.2, -0.15) is 0 Å². The Labute approximate surface area is 551 Å². The summed E-state index contributed by atoms with van der Waals surface area (Å²) in [6, 6.07) is 22.9. The van der Waals surface area contributed by atoms with Gasteiger partial charge >= 0.3 is 18.2 Å². The zero-order valence-electron chi connectivity index (χ0n) is 53.8. The van der Waals surface area contributed by atoms with Gasteiger partial charge in [0.05, 0.1) is 31.8 Å². The molecule has 2 bridgehead atoms. The summed E-state index contributed by atoms with van der Waals surface area (Å²) in [4.78, 5) is 109. The third kappa shape index (κ3) is 18.2. The van der Waals surface area contributed by atoms with Crippen molar-refractivity contribution in [2.24, 2.45) is 35.1 Å². The zero-order valence-corrected chi connectivity index (χ0v) is 53.8. The molecule has 4 aromatic carbocycles. The molecule has 1 saturated heterocycles. The quantitative estimate of drug-likeness (QED) is 0.0110. The van der Waals surface area contributed by atoms with Gasteiger partial charge in [0.2, 0.25) is 29.5 Å². The van der Waals surface area contributed by atoms with E-state index in [4.69, 9.17) is 50.7 Å². The summed E-state index contributed by atoms with van der Waals surface area (Å²) in [6.07, 6.45) is 6.28. The SMILES string of the molecule is COc1ccc2c3c1O[C@H]1C(OC(=O)N4CCC(C(=O)NCCCC[C@H](NC(=O)OCc5ccccc5)C(=O)NCCOc5ccc(C(=O)Oc6cccc(NC(=N)N)c6)cc5)CC4CNC(=O)[C@H](CCCNC(=N)N)NC(=O)CNC(C)=O)=CC[C@H]4[C@@H](C2)C[C@H](C)CC[C@]314. The van der Waals surface area contributed by atoms with Crippen LogP contribution in [0.5, 0.6) is 23.0 Å². The molecule has 95 heavy (non-hydrogen) atoms. The first-order chi connectivity index (χ1) is 45.8. The van der Waals surface area contributed by atoms with E-state index < -0.39 is 77.3 Å². The van der Waals surface area contributed by atoms with E-state index >= 15 is 0 Å². The van der Waals surface area contributed by atoms with Crippen molar-refractivity contribution in [3.05, 3.63) is 125 Å². The summed E-state index contributed by atoms with van der Waals surface area (Å²) in [7, 11) is 1.62. The van der Waals surface area contributed by atoms with Crippen molar-refractivity contribution in [1.82, 2.24) is 42.1 Å². The van der Waals surface area contributed by atoms with Gasteiger partial charge in [-0.1, -0.05) is 49.4 Å². The van der Waals surface area contributed by atoms with Gasteiger partial charge < -0.3 is 87.3 Å². The minimum Gasteiger partial charge on any atom is -0.493 e. The van der Waals surface area contributed by atoms with Gasteiger partial charge in [0.15, 0.2) is 29.5 Å². The maximum atomic E-state index is 14.9. The molecule has 0 radical (unpaired) electrons. The molecule has 0 aromatic heterocycles. The van der Waals surface area contributed by atoms with E-state index in [9.17, 15) is 38.4 Å². The van der Waals surface area contributed by atoms with Crippen LogP contribution in [0.3, 0.4) is 0 Å². The molecule has 7 amide bonds. The number of methoxy groups -OCH3 is 1. The number of hydrogen-bond acceptors (Lipinski definition) is 16. The fraction of sp³-hybridized carbons (Fsp3) is 0.471. The summed E-state index contributed by atoms with van der Waals surface area (Å²) in [5, 5.41) is 36.9. The van der Waals surface area contributed by atoms with Crippen LogP contribution in [0.1, 0.15) is 112 Å². The van der Waals surface area contributed by atoms with E-state index in [2.05, 4.69) is 55.5 Å². The van der Waals surface area contributed by atoms with Crippen molar-refractivity contribution in [2.75, 3.05) is 58.3 Å². The molecule has 1 saturated carbocycles. The number of nitrogens with two attached hydrogens (primary N) is 2. The molecule has 2 fully saturated rings. The largest absolute Gasteiger partial charge is 0.493 e. The number of rotatable bonds is 29. The van der Waals surface area contributed by atoms with Crippen molar-refractivity contribution in [3.8, 4) is 23.0 Å². The number of carbonyl (C=O) groups excluding carboxylic acids is 8. The van der Waals surface area contributed by atoms with Gasteiger partial charge in [-0.05, 0) is 154 Å². The molecule has 27 nitrogen and oxygen atoms in total. The fourth-order valence-electron chi connectivity index (χ4n) is 13.7. The van der Waals surface area contributed by atoms with Gasteiger partial charge in [-0.3, -0.25) is 34.8 Å². The highest BCUT2D eigenvalue weighted by molar-refractivity contribution is 5.93. The number of nitrogens with one attached hydrogen (secondary N) is 10. The number of unbranched alkanes of at least 4 members (excludes halogenated alkanes) is 1. The normalized spacial score (nSPS) is 20.9. The van der Waals surface area contributed by atoms with E-state index in [1.54, 1.807) is 49.6 Å². The average molecular weight is 1310 g/mol. The molecule has 2 aliphatic heterocycles. The minimum atomic E-state index is -1.08. The van der Waals surface area contributed by atoms with Crippen LogP contribution < -0.4 is 72.9 Å². The predicted molar refractivity (Wildman–Crippen MR) is 350 cm³/mol. The first-order valence-corrected chi connectivity index (χ1v) is 32.4. The Morgan fingerprint density at radius 3 is 2.28 bits per heavy atom. The maximum Gasteiger partial charge on any atom is 0.415 e. The summed E-state index contributed by atoms with van der Waals surface area (Å²) < 4.78 is 36.1. The molecule has 5 aliphatic rings. The van der Waals surface area contributed by atoms with Crippen LogP contribution in [0.15, 0.2) is 103 Å². The molecule has 2 heterocycles. The first kappa shape index (κ1) is 69.3. The highest BCUT2D eigenvalue weighted by Gasteiger charge is 2.63. The van der Waals surface area contributed by atoms with E-state index in [1.807, 2.05) is 30.3 Å². The molecule has 1 spiro atoms. The highest BCUT2D eigenvalue weighted by Crippen LogP contribution is 2.65. The Hall–Kier alpha value is -10.1. The standard InChI is InChI=1S/C68H87N13O14/c1-40-25-27-68-51-22-24-55(59(68)95-58-54(90-3)23-19-44(57(58)68)34-46(51)33-40)94-67(89)81-31-26-45(35-48(81)37-77-62(86)52(16-10-29-75-64(69)70)79-56(83)38-76-41(2)82)60(84)73-28-8-7-15-53(80-66(88)92-39-42-11-5-4-6-12-42)61(85)74-30-32-91-49-20-17-43(18-21-49)63(87)93-50-14-9-13-47(36-50)78-65(71)72/h4-6,9,11-14,17-21,23-24,36,40,45-46,48,51-53,59H,7-8,10,15-16,22,25-35,37-39H2,1-3H3,(H,73,84)(H,74,85)(H,76,82)(H,77,86)(H,79,83)(H,80,88)(H4,69,70,75)(H4,71,72,78)/t40-,45?,46-,48?,51+,52+,53+,59+,68+/m1/s1. The number of ether oxygens (including phenoxy) is 6. The number of guanidine groups is 2. The number of esters is 1. The number of nitrogens with zero attached hydrogens (tertiary/aromatic N) is 1. The van der Waals surface area contributed by atoms with Crippen LogP contribution >= 0.6 is 0 Å². The van der Waals surface area contributed by atoms with E-state index in [0.29, 0.717) is 66.2 Å². The number of benzene rings is 4. The lowest BCUT2D eigenvalue weighted by atomic mass is 9.54. The van der Waals surface area contributed by atoms with Gasteiger partial charge in [0.25, 0.3) is 0 Å². The minimum absolute atomic E-state index is 0.0300. The number of anilines is 1. The molecular weight excluding hydrogens is 1220 g/mol. The average Bonchev–Trinajstić information content (AvgIpc) is 1.57. The first-order valence-electron chi connectivity index (χ1n) is 32.4. The molecule has 3 aliphatic carbocycles. The maximum absolute atomic E-state index is 14.9. The number of allylic oxidation sites excluding steroid dienone is 1. The third-order valence-electron chi connectivity index (χ3n) is 18.2. The lowest BCUT2D eigenvalue weighted by Gasteiger charge is -2.49. The molecule has 508 valence electrons. The lowest BCUT2D eigenvalue weighted by molar-refractivity contribution is -0.130. The van der Waals surface area contributed by atoms with E-state index in [0.717, 1.165) is 36.8 Å². The van der Waals surface area contributed by atoms with Crippen LogP contribution in [0.4, 0.5) is 15.3 Å². The summed E-state index contributed by atoms with van der Waals surface area (Å²) in [5.41, 5.74) is 14.3. The molecule has 9 atom stereocenters. The number of likely N-dealkylation sites (tertiary alicyclic amines) is 1. The molecule has 9 rings (SSSR count). The van der Waals surface area contributed by atoms with Gasteiger partial charge in [0, 0.05) is 61.8 Å². The lowest BCUT2D eigenvalue weighted by Crippen LogP contribution is -2.56. The summed E-state index contributed by atoms with van der Waals surface area (Å²) >= 11 is 0. The van der Waals surface area contributed by atoms with Crippen LogP contribution in [0, 0.1) is 34.5 Å². The second-order valence-corrected chi connectivity index (χ2v) is 24.8. The van der Waals surface area contributed by atoms with Crippen molar-refractivity contribution >= 4 is 65.3 Å². The molecule has 2 unspecified atom stereocenters. The second-order valence-electron chi connectivity index (χ2n) is 24.8. The zero-order chi connectivity index (χ0) is 67.6. The van der Waals surface area contributed by atoms with Crippen LogP contribution in [0.25, 0.3) is 0 Å². The van der Waals surface area contributed by atoms with Crippen LogP contribution in [-0.4, -0.2) is 142 Å². The number of piperidine rings is 1. The second kappa shape index (κ2) is 32.7. The van der Waals surface area contributed by atoms with Gasteiger partial charge in [-0.25, -0.2) is 14.4 Å². The Morgan fingerprint density at radius 2 is 1.53 bits per heavy atom. The monoisotopic (exact) mass is 1310 g/mol. The molecule has 4 aromatic rings. The van der Waals surface area contributed by atoms with Crippen molar-refractivity contribution in [3.63, 3.8) is 0 Å². The molecule has 14 N–H and O–H groups in total. The van der Waals surface area contributed by atoms with Crippen molar-refractivity contribution < 1.29 is 66.8 Å². The Balaban J connectivity index is 0.822. The van der Waals surface area contributed by atoms with E-state index in [1.165, 1.54) is 35.6 Å². The van der Waals surface area contributed by atoms with Crippen molar-refractivity contribution in [2.45, 2.75) is 127 Å². The number of carbonyl (C=O) groups is 8. The molecular formula is C68H87N13O14. The number of hydrogen-bond donors (Lipinski definition) is 12. The predicted octanol–water partition coefficient (Wildman–Crippen LogP) is 5.11. The van der Waals surface area contributed by atoms with Gasteiger partial charge in [0.1, 0.15) is 42.6 Å². The Bertz CT molecular complexity index is 3480. The smallest absolute Gasteiger partial charge is 0.415 e. The Kier molecular flexibility index (Phi) is 23.8. The number of alkyl carbamates (subject to hydrolysis) is 1. The van der Waals surface area contributed by atoms with E-state index in [-0.39, 0.29) is 113 Å². The van der Waals surface area contributed by atoms with Crippen LogP contribution in [0.2, 0.25) is 0 Å². The topological polar surface area (TPSA) is 391 Å². The fourth-order valence-corrected chi connectivity index (χ4v) is 13.7. The third-order valence-corrected chi connectivity index (χ3v) is 18.2. The highest BCUT2D eigenvalue weighted by atomic mass is 16.6. The molecule has 27 heteroatoms. The van der Waals surface area contributed by atoms with Crippen LogP contribution in [-0.2, 0) is 51.9 Å².